The first-order valence-electron chi connectivity index (χ1n) is 9.04. The fourth-order valence-electron chi connectivity index (χ4n) is 3.10. The van der Waals surface area contributed by atoms with Gasteiger partial charge in [0, 0.05) is 0 Å². The van der Waals surface area contributed by atoms with Crippen LogP contribution < -0.4 is 5.11 Å². The second kappa shape index (κ2) is 7.85. The zero-order valence-electron chi connectivity index (χ0n) is 16.1. The molecule has 0 N–H and O–H groups in total. The first-order valence-corrected chi connectivity index (χ1v) is 9.04. The third kappa shape index (κ3) is 4.66. The van der Waals surface area contributed by atoms with Gasteiger partial charge in [-0.05, 0) is 70.7 Å². The van der Waals surface area contributed by atoms with Gasteiger partial charge >= 0.3 is 17.9 Å². The SMILES string of the molecule is CC(C)(C)OC(=O)c1ccc(C(=O)OC2(C(F)(F)C(=O)[O-])CCCCC2)cc1. The second-order valence-corrected chi connectivity index (χ2v) is 7.89. The number of ether oxygens (including phenoxy) is 2. The van der Waals surface area contributed by atoms with Crippen LogP contribution in [0.3, 0.4) is 0 Å². The standard InChI is InChI=1S/C20H24F2O6/c1-18(2,3)27-15(23)13-7-9-14(10-8-13)16(24)28-19(11-5-4-6-12-19)20(21,22)17(25)26/h7-10H,4-6,11-12H2,1-3H3,(H,25,26)/p-1. The van der Waals surface area contributed by atoms with Crippen LogP contribution in [0.4, 0.5) is 8.78 Å². The van der Waals surface area contributed by atoms with E-state index in [-0.39, 0.29) is 24.0 Å². The second-order valence-electron chi connectivity index (χ2n) is 7.89. The minimum absolute atomic E-state index is 0.0774. The van der Waals surface area contributed by atoms with Gasteiger partial charge < -0.3 is 19.4 Å². The Morgan fingerprint density at radius 3 is 1.82 bits per heavy atom. The Hall–Kier alpha value is -2.51. The lowest BCUT2D eigenvalue weighted by atomic mass is 9.79. The van der Waals surface area contributed by atoms with Crippen molar-refractivity contribution in [1.29, 1.82) is 0 Å². The summed E-state index contributed by atoms with van der Waals surface area (Å²) in [5.74, 6) is -8.56. The molecule has 154 valence electrons. The van der Waals surface area contributed by atoms with Gasteiger partial charge in [0.15, 0.2) is 5.60 Å². The molecule has 2 rings (SSSR count). The van der Waals surface area contributed by atoms with Gasteiger partial charge in [-0.3, -0.25) is 0 Å². The largest absolute Gasteiger partial charge is 0.544 e. The summed E-state index contributed by atoms with van der Waals surface area (Å²) >= 11 is 0. The molecule has 0 aliphatic heterocycles. The molecule has 6 nitrogen and oxygen atoms in total. The van der Waals surface area contributed by atoms with Gasteiger partial charge in [0.1, 0.15) is 11.6 Å². The lowest BCUT2D eigenvalue weighted by Crippen LogP contribution is -2.61. The number of aliphatic carboxylic acids is 1. The summed E-state index contributed by atoms with van der Waals surface area (Å²) in [6.07, 6.45) is 0.736. The summed E-state index contributed by atoms with van der Waals surface area (Å²) in [6, 6.07) is 5.12. The number of carbonyl (C=O) groups excluding carboxylic acids is 3. The molecular formula is C20H23F2O6-. The van der Waals surface area contributed by atoms with Crippen molar-refractivity contribution in [2.75, 3.05) is 0 Å². The first-order chi connectivity index (χ1) is 12.9. The highest BCUT2D eigenvalue weighted by atomic mass is 19.3. The number of hydrogen-bond acceptors (Lipinski definition) is 6. The maximum atomic E-state index is 14.3. The van der Waals surface area contributed by atoms with E-state index in [2.05, 4.69) is 0 Å². The number of benzene rings is 1. The predicted octanol–water partition coefficient (Wildman–Crippen LogP) is 2.89. The maximum Gasteiger partial charge on any atom is 0.338 e. The minimum Gasteiger partial charge on any atom is -0.544 e. The molecule has 0 heterocycles. The van der Waals surface area contributed by atoms with Gasteiger partial charge in [0.2, 0.25) is 0 Å². The minimum atomic E-state index is -4.31. The number of halogens is 2. The third-order valence-corrected chi connectivity index (χ3v) is 4.53. The summed E-state index contributed by atoms with van der Waals surface area (Å²) in [7, 11) is 0. The lowest BCUT2D eigenvalue weighted by Gasteiger charge is -2.42. The van der Waals surface area contributed by atoms with Crippen molar-refractivity contribution in [3.63, 3.8) is 0 Å². The molecule has 0 radical (unpaired) electrons. The molecular weight excluding hydrogens is 374 g/mol. The van der Waals surface area contributed by atoms with E-state index in [1.807, 2.05) is 0 Å². The Kier molecular flexibility index (Phi) is 6.11. The van der Waals surface area contributed by atoms with E-state index in [0.717, 1.165) is 0 Å². The van der Waals surface area contributed by atoms with E-state index in [1.54, 1.807) is 20.8 Å². The van der Waals surface area contributed by atoms with Crippen LogP contribution in [-0.4, -0.2) is 35.0 Å². The molecule has 0 aromatic heterocycles. The summed E-state index contributed by atoms with van der Waals surface area (Å²) in [5.41, 5.74) is -3.03. The number of hydrogen-bond donors (Lipinski definition) is 0. The van der Waals surface area contributed by atoms with Gasteiger partial charge in [0.05, 0.1) is 11.1 Å². The van der Waals surface area contributed by atoms with E-state index in [0.29, 0.717) is 19.3 Å². The lowest BCUT2D eigenvalue weighted by molar-refractivity contribution is -0.345. The first kappa shape index (κ1) is 21.8. The van der Waals surface area contributed by atoms with Crippen LogP contribution in [0, 0.1) is 0 Å². The molecule has 0 amide bonds. The van der Waals surface area contributed by atoms with Gasteiger partial charge in [0.25, 0.3) is 0 Å². The molecule has 1 aromatic carbocycles. The number of carboxylic acid groups (broad SMARTS) is 1. The van der Waals surface area contributed by atoms with Crippen LogP contribution in [0.5, 0.6) is 0 Å². The Bertz CT molecular complexity index is 743. The van der Waals surface area contributed by atoms with Crippen molar-refractivity contribution in [3.05, 3.63) is 35.4 Å². The van der Waals surface area contributed by atoms with Crippen molar-refractivity contribution < 1.29 is 37.7 Å². The number of esters is 2. The smallest absolute Gasteiger partial charge is 0.338 e. The van der Waals surface area contributed by atoms with Crippen LogP contribution in [0.2, 0.25) is 0 Å². The zero-order valence-corrected chi connectivity index (χ0v) is 16.1. The number of carboxylic acids is 1. The molecule has 0 saturated heterocycles. The molecule has 1 aliphatic rings. The molecule has 1 aromatic rings. The topological polar surface area (TPSA) is 92.7 Å². The average molecular weight is 397 g/mol. The highest BCUT2D eigenvalue weighted by Gasteiger charge is 2.58. The van der Waals surface area contributed by atoms with Crippen LogP contribution in [0.15, 0.2) is 24.3 Å². The van der Waals surface area contributed by atoms with E-state index in [4.69, 9.17) is 9.47 Å². The maximum absolute atomic E-state index is 14.3. The fraction of sp³-hybridized carbons (Fsp3) is 0.550. The van der Waals surface area contributed by atoms with Crippen molar-refractivity contribution in [2.45, 2.75) is 70.0 Å². The van der Waals surface area contributed by atoms with Gasteiger partial charge in [-0.1, -0.05) is 6.42 Å². The van der Waals surface area contributed by atoms with Gasteiger partial charge in [-0.25, -0.2) is 9.59 Å². The molecule has 0 atom stereocenters. The van der Waals surface area contributed by atoms with Crippen molar-refractivity contribution in [2.24, 2.45) is 0 Å². The number of rotatable bonds is 5. The van der Waals surface area contributed by atoms with Crippen molar-refractivity contribution in [3.8, 4) is 0 Å². The van der Waals surface area contributed by atoms with E-state index in [1.165, 1.54) is 24.3 Å². The monoisotopic (exact) mass is 397 g/mol. The summed E-state index contributed by atoms with van der Waals surface area (Å²) in [5, 5.41) is 11.0. The molecule has 8 heteroatoms. The summed E-state index contributed by atoms with van der Waals surface area (Å²) in [4.78, 5) is 35.4. The highest BCUT2D eigenvalue weighted by Crippen LogP contribution is 2.44. The van der Waals surface area contributed by atoms with E-state index < -0.39 is 35.0 Å². The third-order valence-electron chi connectivity index (χ3n) is 4.53. The quantitative estimate of drug-likeness (QED) is 0.710. The van der Waals surface area contributed by atoms with Crippen molar-refractivity contribution in [1.82, 2.24) is 0 Å². The molecule has 0 unspecified atom stereocenters. The Morgan fingerprint density at radius 2 is 1.39 bits per heavy atom. The number of alkyl halides is 2. The summed E-state index contributed by atoms with van der Waals surface area (Å²) < 4.78 is 38.8. The predicted molar refractivity (Wildman–Crippen MR) is 92.8 cm³/mol. The average Bonchev–Trinajstić information content (AvgIpc) is 2.61. The molecule has 28 heavy (non-hydrogen) atoms. The van der Waals surface area contributed by atoms with E-state index >= 15 is 0 Å². The Labute approximate surface area is 161 Å². The zero-order chi connectivity index (χ0) is 21.2. The number of carbonyl (C=O) groups is 3. The normalized spacial score (nSPS) is 16.9. The van der Waals surface area contributed by atoms with Crippen molar-refractivity contribution >= 4 is 17.9 Å². The van der Waals surface area contributed by atoms with E-state index in [9.17, 15) is 28.3 Å². The molecule has 0 bridgehead atoms. The van der Waals surface area contributed by atoms with Crippen LogP contribution in [0.25, 0.3) is 0 Å². The summed E-state index contributed by atoms with van der Waals surface area (Å²) in [6.45, 7) is 5.12. The van der Waals surface area contributed by atoms with Crippen LogP contribution >= 0.6 is 0 Å². The Morgan fingerprint density at radius 1 is 0.929 bits per heavy atom. The van der Waals surface area contributed by atoms with Gasteiger partial charge in [-0.2, -0.15) is 8.78 Å². The van der Waals surface area contributed by atoms with Crippen LogP contribution in [0.1, 0.15) is 73.6 Å². The molecule has 1 aliphatic carbocycles. The molecule has 1 fully saturated rings. The molecule has 0 spiro atoms. The fourth-order valence-corrected chi connectivity index (χ4v) is 3.10. The van der Waals surface area contributed by atoms with Crippen LogP contribution in [-0.2, 0) is 14.3 Å². The van der Waals surface area contributed by atoms with Gasteiger partial charge in [-0.15, -0.1) is 0 Å². The Balaban J connectivity index is 2.20. The molecule has 1 saturated carbocycles. The highest BCUT2D eigenvalue weighted by molar-refractivity contribution is 5.94.